The van der Waals surface area contributed by atoms with E-state index in [0.29, 0.717) is 59.5 Å². The molecule has 0 radical (unpaired) electrons. The van der Waals surface area contributed by atoms with Crippen molar-refractivity contribution in [2.24, 2.45) is 5.73 Å². The van der Waals surface area contributed by atoms with E-state index in [1.54, 1.807) is 24.9 Å². The van der Waals surface area contributed by atoms with E-state index in [0.717, 1.165) is 11.0 Å². The van der Waals surface area contributed by atoms with Gasteiger partial charge in [0.15, 0.2) is 0 Å². The Morgan fingerprint density at radius 1 is 1.10 bits per heavy atom. The molecule has 0 bridgehead atoms. The van der Waals surface area contributed by atoms with Crippen LogP contribution in [-0.2, 0) is 6.42 Å². The number of rotatable bonds is 7. The molecular weight excluding hydrogens is 382 g/mol. The number of hydrogen-bond donors (Lipinski definition) is 4. The molecule has 0 amide bonds. The molecule has 0 aliphatic rings. The Morgan fingerprint density at radius 2 is 1.80 bits per heavy atom. The molecular formula is C22H25N5O3. The fourth-order valence-corrected chi connectivity index (χ4v) is 3.65. The number of nitrogens with zero attached hydrogens (tertiary/aromatic N) is 2. The van der Waals surface area contributed by atoms with Crippen LogP contribution in [-0.4, -0.2) is 40.4 Å². The number of aromatic amines is 1. The number of methoxy groups -OCH3 is 2. The molecule has 0 fully saturated rings. The molecule has 0 spiro atoms. The summed E-state index contributed by atoms with van der Waals surface area (Å²) in [4.78, 5) is 7.87. The quantitative estimate of drug-likeness (QED) is 0.373. The number of aromatic nitrogens is 3. The molecule has 0 aliphatic heterocycles. The van der Waals surface area contributed by atoms with Crippen LogP contribution in [0, 0.1) is 0 Å². The summed E-state index contributed by atoms with van der Waals surface area (Å²) in [5, 5.41) is 11.1. The van der Waals surface area contributed by atoms with Gasteiger partial charge >= 0.3 is 0 Å². The second kappa shape index (κ2) is 8.00. The van der Waals surface area contributed by atoms with Gasteiger partial charge in [-0.3, -0.25) is 4.57 Å². The van der Waals surface area contributed by atoms with Crippen LogP contribution < -0.4 is 20.9 Å². The number of fused-ring (bicyclic) bond motifs is 1. The van der Waals surface area contributed by atoms with Crippen molar-refractivity contribution < 1.29 is 14.6 Å². The molecule has 2 aromatic carbocycles. The first-order valence-electron chi connectivity index (χ1n) is 9.68. The molecule has 0 unspecified atom stereocenters. The molecule has 156 valence electrons. The lowest BCUT2D eigenvalue weighted by molar-refractivity contribution is 0.394. The SMILES string of the molecule is COc1cc(OC)cc(-n2c(N)c(-c3nc4ccccc4[nH]3)c(O)c2CCCN)c1. The normalized spacial score (nSPS) is 11.2. The highest BCUT2D eigenvalue weighted by Crippen LogP contribution is 2.42. The minimum atomic E-state index is 0.0850. The number of nitrogens with two attached hydrogens (primary N) is 2. The number of aromatic hydroxyl groups is 1. The van der Waals surface area contributed by atoms with Gasteiger partial charge in [-0.05, 0) is 31.5 Å². The van der Waals surface area contributed by atoms with E-state index in [4.69, 9.17) is 20.9 Å². The number of anilines is 1. The number of nitrogens with one attached hydrogen (secondary N) is 1. The molecule has 0 atom stereocenters. The zero-order chi connectivity index (χ0) is 21.3. The largest absolute Gasteiger partial charge is 0.505 e. The van der Waals surface area contributed by atoms with E-state index in [2.05, 4.69) is 9.97 Å². The Morgan fingerprint density at radius 3 is 2.43 bits per heavy atom. The molecule has 2 aromatic heterocycles. The molecule has 0 saturated carbocycles. The van der Waals surface area contributed by atoms with E-state index in [-0.39, 0.29) is 5.75 Å². The summed E-state index contributed by atoms with van der Waals surface area (Å²) in [6.45, 7) is 0.492. The van der Waals surface area contributed by atoms with Crippen molar-refractivity contribution in [2.45, 2.75) is 12.8 Å². The summed E-state index contributed by atoms with van der Waals surface area (Å²) >= 11 is 0. The lowest BCUT2D eigenvalue weighted by Gasteiger charge is -2.14. The number of imidazole rings is 1. The fourth-order valence-electron chi connectivity index (χ4n) is 3.65. The van der Waals surface area contributed by atoms with Crippen LogP contribution in [0.4, 0.5) is 5.82 Å². The summed E-state index contributed by atoms with van der Waals surface area (Å²) in [6, 6.07) is 13.1. The Bertz CT molecular complexity index is 1140. The van der Waals surface area contributed by atoms with Gasteiger partial charge in [-0.1, -0.05) is 12.1 Å². The van der Waals surface area contributed by atoms with Gasteiger partial charge in [0.2, 0.25) is 0 Å². The number of benzene rings is 2. The first-order chi connectivity index (χ1) is 14.6. The highest BCUT2D eigenvalue weighted by atomic mass is 16.5. The van der Waals surface area contributed by atoms with Gasteiger partial charge in [0.25, 0.3) is 0 Å². The fraction of sp³-hybridized carbons (Fsp3) is 0.227. The summed E-state index contributed by atoms with van der Waals surface area (Å²) < 4.78 is 12.6. The van der Waals surface area contributed by atoms with Crippen LogP contribution in [0.1, 0.15) is 12.1 Å². The Hall–Kier alpha value is -3.65. The van der Waals surface area contributed by atoms with Crippen molar-refractivity contribution in [3.63, 3.8) is 0 Å². The van der Waals surface area contributed by atoms with Crippen molar-refractivity contribution in [2.75, 3.05) is 26.5 Å². The van der Waals surface area contributed by atoms with Crippen molar-refractivity contribution in [3.8, 4) is 34.3 Å². The molecule has 8 heteroatoms. The Balaban J connectivity index is 1.95. The van der Waals surface area contributed by atoms with E-state index in [1.807, 2.05) is 36.4 Å². The first kappa shape index (κ1) is 19.7. The second-order valence-corrected chi connectivity index (χ2v) is 6.96. The van der Waals surface area contributed by atoms with Crippen molar-refractivity contribution in [1.82, 2.24) is 14.5 Å². The highest BCUT2D eigenvalue weighted by molar-refractivity contribution is 5.86. The minimum absolute atomic E-state index is 0.0850. The lowest BCUT2D eigenvalue weighted by atomic mass is 10.2. The predicted molar refractivity (Wildman–Crippen MR) is 117 cm³/mol. The third-order valence-electron chi connectivity index (χ3n) is 5.12. The Labute approximate surface area is 174 Å². The van der Waals surface area contributed by atoms with Crippen LogP contribution in [0.15, 0.2) is 42.5 Å². The maximum Gasteiger partial charge on any atom is 0.150 e. The Kier molecular flexibility index (Phi) is 5.24. The average molecular weight is 407 g/mol. The van der Waals surface area contributed by atoms with Crippen molar-refractivity contribution in [3.05, 3.63) is 48.2 Å². The van der Waals surface area contributed by atoms with Gasteiger partial charge in [-0.25, -0.2) is 4.98 Å². The van der Waals surface area contributed by atoms with Gasteiger partial charge in [0.1, 0.15) is 34.5 Å². The standard InChI is InChI=1S/C22H25N5O3/c1-29-14-10-13(11-15(12-14)30-2)27-18(8-5-9-23)20(28)19(21(27)24)22-25-16-6-3-4-7-17(16)26-22/h3-4,6-7,10-12,28H,5,8-9,23-24H2,1-2H3,(H,25,26). The van der Waals surface area contributed by atoms with Gasteiger partial charge in [-0.2, -0.15) is 0 Å². The van der Waals surface area contributed by atoms with Crippen LogP contribution in [0.3, 0.4) is 0 Å². The average Bonchev–Trinajstić information content (AvgIpc) is 3.29. The number of hydrogen-bond acceptors (Lipinski definition) is 6. The van der Waals surface area contributed by atoms with E-state index in [1.165, 1.54) is 0 Å². The first-order valence-corrected chi connectivity index (χ1v) is 9.68. The molecule has 2 heterocycles. The number of H-pyrrole nitrogens is 1. The maximum absolute atomic E-state index is 11.1. The molecule has 4 rings (SSSR count). The summed E-state index contributed by atoms with van der Waals surface area (Å²) in [6.07, 6.45) is 1.24. The van der Waals surface area contributed by atoms with Crippen LogP contribution in [0.5, 0.6) is 17.2 Å². The summed E-state index contributed by atoms with van der Waals surface area (Å²) in [5.74, 6) is 2.20. The zero-order valence-corrected chi connectivity index (χ0v) is 17.0. The predicted octanol–water partition coefficient (Wildman–Crippen LogP) is 3.22. The molecule has 8 nitrogen and oxygen atoms in total. The lowest BCUT2D eigenvalue weighted by Crippen LogP contribution is -2.08. The van der Waals surface area contributed by atoms with Gasteiger partial charge in [0, 0.05) is 18.2 Å². The van der Waals surface area contributed by atoms with E-state index in [9.17, 15) is 5.11 Å². The van der Waals surface area contributed by atoms with Crippen molar-refractivity contribution >= 4 is 16.9 Å². The molecule has 0 aliphatic carbocycles. The van der Waals surface area contributed by atoms with E-state index < -0.39 is 0 Å². The van der Waals surface area contributed by atoms with Crippen LogP contribution >= 0.6 is 0 Å². The van der Waals surface area contributed by atoms with E-state index >= 15 is 0 Å². The molecule has 30 heavy (non-hydrogen) atoms. The molecule has 6 N–H and O–H groups in total. The zero-order valence-electron chi connectivity index (χ0n) is 17.0. The molecule has 0 saturated heterocycles. The number of ether oxygens (including phenoxy) is 2. The third-order valence-corrected chi connectivity index (χ3v) is 5.12. The van der Waals surface area contributed by atoms with Crippen LogP contribution in [0.25, 0.3) is 28.1 Å². The number of nitrogen functional groups attached to an aromatic ring is 1. The highest BCUT2D eigenvalue weighted by Gasteiger charge is 2.25. The smallest absolute Gasteiger partial charge is 0.150 e. The van der Waals surface area contributed by atoms with Gasteiger partial charge in [0.05, 0.1) is 36.6 Å². The maximum atomic E-state index is 11.1. The topological polar surface area (TPSA) is 124 Å². The van der Waals surface area contributed by atoms with Gasteiger partial charge in [-0.15, -0.1) is 0 Å². The second-order valence-electron chi connectivity index (χ2n) is 6.96. The summed E-state index contributed by atoms with van der Waals surface area (Å²) in [5.41, 5.74) is 15.8. The van der Waals surface area contributed by atoms with Gasteiger partial charge < -0.3 is 31.0 Å². The number of para-hydroxylation sites is 2. The van der Waals surface area contributed by atoms with Crippen molar-refractivity contribution in [1.29, 1.82) is 0 Å². The summed E-state index contributed by atoms with van der Waals surface area (Å²) in [7, 11) is 3.18. The molecule has 4 aromatic rings. The minimum Gasteiger partial charge on any atom is -0.505 e. The monoisotopic (exact) mass is 407 g/mol. The third kappa shape index (κ3) is 3.31. The van der Waals surface area contributed by atoms with Crippen LogP contribution in [0.2, 0.25) is 0 Å².